The summed E-state index contributed by atoms with van der Waals surface area (Å²) in [5.41, 5.74) is 1.94. The molecule has 62 valence electrons. The van der Waals surface area contributed by atoms with Crippen molar-refractivity contribution < 1.29 is 4.79 Å². The Morgan fingerprint density at radius 3 is 2.92 bits per heavy atom. The van der Waals surface area contributed by atoms with E-state index >= 15 is 0 Å². The summed E-state index contributed by atoms with van der Waals surface area (Å²) in [6.07, 6.45) is 4.10. The summed E-state index contributed by atoms with van der Waals surface area (Å²) in [5.74, 6) is 0.248. The number of nitrogens with zero attached hydrogens (tertiary/aromatic N) is 1. The topological polar surface area (TPSA) is 30.0 Å². The summed E-state index contributed by atoms with van der Waals surface area (Å²) >= 11 is 0. The number of pyridine rings is 1. The lowest BCUT2D eigenvalue weighted by molar-refractivity contribution is 0.0979. The van der Waals surface area contributed by atoms with E-state index in [1.54, 1.807) is 12.4 Å². The van der Waals surface area contributed by atoms with Gasteiger partial charge in [-0.15, -0.1) is 0 Å². The second kappa shape index (κ2) is 2.16. The Balaban J connectivity index is 2.66. The molecule has 1 heterocycles. The van der Waals surface area contributed by atoms with Gasteiger partial charge in [0.15, 0.2) is 5.78 Å². The van der Waals surface area contributed by atoms with Gasteiger partial charge in [-0.1, -0.05) is 13.8 Å². The molecule has 2 heteroatoms. The average Bonchev–Trinajstić information content (AvgIpc) is 2.25. The zero-order valence-corrected chi connectivity index (χ0v) is 7.29. The van der Waals surface area contributed by atoms with Gasteiger partial charge in [0, 0.05) is 24.4 Å². The fraction of sp³-hybridized carbons (Fsp3) is 0.400. The van der Waals surface area contributed by atoms with Crippen LogP contribution in [0.25, 0.3) is 0 Å². The summed E-state index contributed by atoms with van der Waals surface area (Å²) in [7, 11) is 0. The van der Waals surface area contributed by atoms with E-state index in [2.05, 4.69) is 18.8 Å². The van der Waals surface area contributed by atoms with Crippen molar-refractivity contribution in [2.45, 2.75) is 25.7 Å². The van der Waals surface area contributed by atoms with E-state index in [4.69, 9.17) is 0 Å². The molecule has 1 aliphatic carbocycles. The molecule has 0 fully saturated rings. The lowest BCUT2D eigenvalue weighted by atomic mass is 9.88. The Labute approximate surface area is 71.6 Å². The zero-order chi connectivity index (χ0) is 8.77. The van der Waals surface area contributed by atoms with Crippen LogP contribution in [0, 0.1) is 0 Å². The minimum absolute atomic E-state index is 0.0132. The molecule has 0 saturated heterocycles. The minimum Gasteiger partial charge on any atom is -0.294 e. The van der Waals surface area contributed by atoms with Gasteiger partial charge in [0.1, 0.15) is 0 Å². The SMILES string of the molecule is CC1(C)CC(=O)c2ccncc21. The zero-order valence-electron chi connectivity index (χ0n) is 7.29. The highest BCUT2D eigenvalue weighted by Crippen LogP contribution is 2.37. The maximum absolute atomic E-state index is 11.5. The quantitative estimate of drug-likeness (QED) is 0.582. The molecule has 0 bridgehead atoms. The third kappa shape index (κ3) is 0.876. The highest BCUT2D eigenvalue weighted by Gasteiger charge is 2.35. The third-order valence-electron chi connectivity index (χ3n) is 2.45. The van der Waals surface area contributed by atoms with E-state index in [-0.39, 0.29) is 11.2 Å². The van der Waals surface area contributed by atoms with Crippen molar-refractivity contribution >= 4 is 5.78 Å². The van der Waals surface area contributed by atoms with Crippen LogP contribution in [-0.2, 0) is 5.41 Å². The van der Waals surface area contributed by atoms with Crippen molar-refractivity contribution in [2.75, 3.05) is 0 Å². The second-order valence-corrected chi connectivity index (χ2v) is 3.91. The van der Waals surface area contributed by atoms with Crippen molar-refractivity contribution in [1.29, 1.82) is 0 Å². The van der Waals surface area contributed by atoms with Gasteiger partial charge in [0.2, 0.25) is 0 Å². The molecule has 0 radical (unpaired) electrons. The fourth-order valence-electron chi connectivity index (χ4n) is 1.77. The van der Waals surface area contributed by atoms with E-state index in [1.165, 1.54) is 0 Å². The predicted octanol–water partition coefficient (Wildman–Crippen LogP) is 1.95. The molecule has 0 spiro atoms. The average molecular weight is 161 g/mol. The molecule has 0 N–H and O–H groups in total. The number of fused-ring (bicyclic) bond motifs is 1. The van der Waals surface area contributed by atoms with E-state index in [1.807, 2.05) is 6.07 Å². The van der Waals surface area contributed by atoms with Crippen molar-refractivity contribution in [3.05, 3.63) is 29.6 Å². The maximum Gasteiger partial charge on any atom is 0.164 e. The smallest absolute Gasteiger partial charge is 0.164 e. The summed E-state index contributed by atoms with van der Waals surface area (Å²) in [5, 5.41) is 0. The lowest BCUT2D eigenvalue weighted by Gasteiger charge is -2.16. The maximum atomic E-state index is 11.5. The number of hydrogen-bond donors (Lipinski definition) is 0. The Morgan fingerprint density at radius 2 is 2.25 bits per heavy atom. The molecule has 0 aromatic carbocycles. The Morgan fingerprint density at radius 1 is 1.50 bits per heavy atom. The van der Waals surface area contributed by atoms with E-state index in [0.29, 0.717) is 6.42 Å². The van der Waals surface area contributed by atoms with Gasteiger partial charge >= 0.3 is 0 Å². The van der Waals surface area contributed by atoms with Gasteiger partial charge in [-0.2, -0.15) is 0 Å². The summed E-state index contributed by atoms with van der Waals surface area (Å²) in [6.45, 7) is 4.16. The molecule has 1 aliphatic rings. The normalized spacial score (nSPS) is 19.3. The van der Waals surface area contributed by atoms with Crippen molar-refractivity contribution in [1.82, 2.24) is 4.98 Å². The fourth-order valence-corrected chi connectivity index (χ4v) is 1.77. The monoisotopic (exact) mass is 161 g/mol. The highest BCUT2D eigenvalue weighted by molar-refractivity contribution is 6.01. The van der Waals surface area contributed by atoms with Crippen LogP contribution in [0.4, 0.5) is 0 Å². The Bertz CT molecular complexity index is 341. The van der Waals surface area contributed by atoms with Crippen LogP contribution in [0.5, 0.6) is 0 Å². The van der Waals surface area contributed by atoms with Crippen LogP contribution in [0.2, 0.25) is 0 Å². The van der Waals surface area contributed by atoms with Gasteiger partial charge in [-0.25, -0.2) is 0 Å². The van der Waals surface area contributed by atoms with Crippen LogP contribution < -0.4 is 0 Å². The Kier molecular flexibility index (Phi) is 1.34. The van der Waals surface area contributed by atoms with Crippen LogP contribution in [0.3, 0.4) is 0 Å². The summed E-state index contributed by atoms with van der Waals surface area (Å²) in [6, 6.07) is 1.81. The first-order valence-electron chi connectivity index (χ1n) is 4.09. The van der Waals surface area contributed by atoms with Crippen LogP contribution >= 0.6 is 0 Å². The van der Waals surface area contributed by atoms with E-state index in [9.17, 15) is 4.79 Å². The van der Waals surface area contributed by atoms with Gasteiger partial charge in [-0.05, 0) is 17.0 Å². The summed E-state index contributed by atoms with van der Waals surface area (Å²) in [4.78, 5) is 15.5. The molecule has 0 atom stereocenters. The molecule has 0 amide bonds. The Hall–Kier alpha value is -1.18. The largest absolute Gasteiger partial charge is 0.294 e. The predicted molar refractivity (Wildman–Crippen MR) is 46.2 cm³/mol. The van der Waals surface area contributed by atoms with Gasteiger partial charge < -0.3 is 0 Å². The molecule has 2 nitrogen and oxygen atoms in total. The number of ketones is 1. The number of Topliss-reactive ketones (excluding diaryl/α,β-unsaturated/α-hetero) is 1. The first kappa shape index (κ1) is 7.47. The number of carbonyl (C=O) groups is 1. The van der Waals surface area contributed by atoms with Crippen molar-refractivity contribution in [3.63, 3.8) is 0 Å². The van der Waals surface area contributed by atoms with E-state index in [0.717, 1.165) is 11.1 Å². The summed E-state index contributed by atoms with van der Waals surface area (Å²) < 4.78 is 0. The first-order valence-corrected chi connectivity index (χ1v) is 4.09. The van der Waals surface area contributed by atoms with E-state index < -0.39 is 0 Å². The van der Waals surface area contributed by atoms with Crippen LogP contribution in [0.15, 0.2) is 18.5 Å². The second-order valence-electron chi connectivity index (χ2n) is 3.91. The highest BCUT2D eigenvalue weighted by atomic mass is 16.1. The van der Waals surface area contributed by atoms with Crippen LogP contribution in [-0.4, -0.2) is 10.8 Å². The molecular formula is C10H11NO. The molecular weight excluding hydrogens is 150 g/mol. The molecule has 1 aromatic heterocycles. The number of carbonyl (C=O) groups excluding carboxylic acids is 1. The third-order valence-corrected chi connectivity index (χ3v) is 2.45. The lowest BCUT2D eigenvalue weighted by Crippen LogP contribution is -2.12. The first-order chi connectivity index (χ1) is 5.61. The molecule has 0 aliphatic heterocycles. The van der Waals surface area contributed by atoms with Crippen molar-refractivity contribution in [3.8, 4) is 0 Å². The van der Waals surface area contributed by atoms with Gasteiger partial charge in [0.25, 0.3) is 0 Å². The molecule has 1 aromatic rings. The number of rotatable bonds is 0. The molecule has 0 unspecified atom stereocenters. The number of aromatic nitrogens is 1. The van der Waals surface area contributed by atoms with Gasteiger partial charge in [-0.3, -0.25) is 9.78 Å². The molecule has 2 rings (SSSR count). The standard InChI is InChI=1S/C10H11NO/c1-10(2)5-9(12)7-3-4-11-6-8(7)10/h3-4,6H,5H2,1-2H3. The minimum atomic E-state index is -0.0132. The number of hydrogen-bond acceptors (Lipinski definition) is 2. The van der Waals surface area contributed by atoms with Gasteiger partial charge in [0.05, 0.1) is 0 Å². The molecule has 12 heavy (non-hydrogen) atoms. The molecule has 0 saturated carbocycles. The van der Waals surface area contributed by atoms with Crippen molar-refractivity contribution in [2.24, 2.45) is 0 Å². The van der Waals surface area contributed by atoms with Crippen LogP contribution in [0.1, 0.15) is 36.2 Å².